The Hall–Kier alpha value is -2.63. The van der Waals surface area contributed by atoms with Crippen LogP contribution in [0.2, 0.25) is 0 Å². The second-order valence-corrected chi connectivity index (χ2v) is 6.85. The third-order valence-electron chi connectivity index (χ3n) is 5.03. The number of para-hydroxylation sites is 1. The molecule has 0 radical (unpaired) electrons. The normalized spacial score (nSPS) is 17.5. The number of hydrogen-bond acceptors (Lipinski definition) is 3. The molecule has 0 N–H and O–H groups in total. The number of hydrogen-bond donors (Lipinski definition) is 0. The van der Waals surface area contributed by atoms with E-state index in [0.29, 0.717) is 18.9 Å². The first-order valence-corrected chi connectivity index (χ1v) is 8.80. The summed E-state index contributed by atoms with van der Waals surface area (Å²) in [4.78, 5) is 19.2. The quantitative estimate of drug-likeness (QED) is 0.735. The third-order valence-corrected chi connectivity index (χ3v) is 5.03. The van der Waals surface area contributed by atoms with Crippen LogP contribution in [0, 0.1) is 6.92 Å². The Labute approximate surface area is 147 Å². The second kappa shape index (κ2) is 6.35. The Morgan fingerprint density at radius 1 is 1.32 bits per heavy atom. The van der Waals surface area contributed by atoms with E-state index in [1.54, 1.807) is 0 Å². The molecule has 1 amide bonds. The monoisotopic (exact) mass is 337 g/mol. The summed E-state index contributed by atoms with van der Waals surface area (Å²) in [5.74, 6) is 1.63. The molecular formula is C19H23N5O. The van der Waals surface area contributed by atoms with Crippen LogP contribution in [0.4, 0.5) is 0 Å². The number of aryl methyl sites for hydroxylation is 3. The van der Waals surface area contributed by atoms with Crippen molar-refractivity contribution in [2.75, 3.05) is 13.1 Å². The number of amides is 1. The maximum absolute atomic E-state index is 12.6. The van der Waals surface area contributed by atoms with Crippen molar-refractivity contribution >= 4 is 16.8 Å². The summed E-state index contributed by atoms with van der Waals surface area (Å²) in [7, 11) is 2.03. The average Bonchev–Trinajstić information content (AvgIpc) is 3.31. The van der Waals surface area contributed by atoms with Crippen molar-refractivity contribution in [3.8, 4) is 0 Å². The van der Waals surface area contributed by atoms with E-state index in [9.17, 15) is 4.79 Å². The summed E-state index contributed by atoms with van der Waals surface area (Å²) < 4.78 is 4.01. The first-order valence-electron chi connectivity index (χ1n) is 8.80. The highest BCUT2D eigenvalue weighted by Crippen LogP contribution is 2.26. The number of aromatic nitrogens is 4. The number of rotatable bonds is 4. The summed E-state index contributed by atoms with van der Waals surface area (Å²) in [6.45, 7) is 4.21. The van der Waals surface area contributed by atoms with Crippen molar-refractivity contribution in [2.45, 2.75) is 32.2 Å². The SMILES string of the molecule is Cc1cn(C)c([C@@H]2CCN(C(=O)CCn3ncc4ccccc43)C2)n1. The maximum Gasteiger partial charge on any atom is 0.224 e. The molecule has 1 aromatic carbocycles. The molecule has 3 aromatic rings. The average molecular weight is 337 g/mol. The summed E-state index contributed by atoms with van der Waals surface area (Å²) in [6.07, 6.45) is 5.37. The van der Waals surface area contributed by atoms with Gasteiger partial charge in [0.2, 0.25) is 5.91 Å². The maximum atomic E-state index is 12.6. The molecule has 2 aromatic heterocycles. The van der Waals surface area contributed by atoms with Gasteiger partial charge in [-0.2, -0.15) is 5.10 Å². The lowest BCUT2D eigenvalue weighted by Crippen LogP contribution is -2.29. The van der Waals surface area contributed by atoms with Crippen molar-refractivity contribution < 1.29 is 4.79 Å². The van der Waals surface area contributed by atoms with Crippen molar-refractivity contribution in [1.82, 2.24) is 24.2 Å². The van der Waals surface area contributed by atoms with Crippen molar-refractivity contribution in [1.29, 1.82) is 0 Å². The predicted octanol–water partition coefficient (Wildman–Crippen LogP) is 2.48. The third kappa shape index (κ3) is 3.04. The first kappa shape index (κ1) is 15.9. The molecule has 130 valence electrons. The fourth-order valence-corrected chi connectivity index (χ4v) is 3.78. The lowest BCUT2D eigenvalue weighted by atomic mass is 10.1. The summed E-state index contributed by atoms with van der Waals surface area (Å²) in [5, 5.41) is 5.52. The molecule has 0 bridgehead atoms. The number of imidazole rings is 1. The largest absolute Gasteiger partial charge is 0.342 e. The molecular weight excluding hydrogens is 314 g/mol. The van der Waals surface area contributed by atoms with Gasteiger partial charge in [0.15, 0.2) is 0 Å². The number of benzene rings is 1. The van der Waals surface area contributed by atoms with E-state index >= 15 is 0 Å². The minimum Gasteiger partial charge on any atom is -0.342 e. The van der Waals surface area contributed by atoms with Gasteiger partial charge in [0.25, 0.3) is 0 Å². The second-order valence-electron chi connectivity index (χ2n) is 6.85. The molecule has 6 nitrogen and oxygen atoms in total. The Kier molecular flexibility index (Phi) is 4.03. The zero-order valence-corrected chi connectivity index (χ0v) is 14.7. The molecule has 1 aliphatic rings. The van der Waals surface area contributed by atoms with Gasteiger partial charge in [-0.1, -0.05) is 18.2 Å². The van der Waals surface area contributed by atoms with E-state index in [1.807, 2.05) is 60.2 Å². The highest BCUT2D eigenvalue weighted by molar-refractivity contribution is 5.79. The lowest BCUT2D eigenvalue weighted by molar-refractivity contribution is -0.130. The molecule has 1 atom stereocenters. The van der Waals surface area contributed by atoms with Gasteiger partial charge in [-0.3, -0.25) is 9.48 Å². The smallest absolute Gasteiger partial charge is 0.224 e. The Morgan fingerprint density at radius 2 is 2.16 bits per heavy atom. The van der Waals surface area contributed by atoms with Crippen LogP contribution in [0.15, 0.2) is 36.7 Å². The van der Waals surface area contributed by atoms with Gasteiger partial charge in [0.05, 0.1) is 24.0 Å². The molecule has 1 fully saturated rings. The first-order chi connectivity index (χ1) is 12.1. The van der Waals surface area contributed by atoms with Crippen LogP contribution in [0.25, 0.3) is 10.9 Å². The summed E-state index contributed by atoms with van der Waals surface area (Å²) in [6, 6.07) is 8.09. The van der Waals surface area contributed by atoms with Gasteiger partial charge in [-0.25, -0.2) is 4.98 Å². The molecule has 1 aliphatic heterocycles. The molecule has 0 unspecified atom stereocenters. The van der Waals surface area contributed by atoms with Gasteiger partial charge >= 0.3 is 0 Å². The molecule has 3 heterocycles. The summed E-state index contributed by atoms with van der Waals surface area (Å²) in [5.41, 5.74) is 2.12. The van der Waals surface area contributed by atoms with Crippen molar-refractivity contribution in [3.63, 3.8) is 0 Å². The van der Waals surface area contributed by atoms with Gasteiger partial charge in [-0.05, 0) is 19.4 Å². The number of carbonyl (C=O) groups excluding carboxylic acids is 1. The highest BCUT2D eigenvalue weighted by Gasteiger charge is 2.29. The van der Waals surface area contributed by atoms with Crippen molar-refractivity contribution in [2.24, 2.45) is 7.05 Å². The standard InChI is InChI=1S/C19H23N5O/c1-14-12-22(2)19(21-14)16-7-9-23(13-16)18(25)8-10-24-17-6-4-3-5-15(17)11-20-24/h3-6,11-12,16H,7-10,13H2,1-2H3/t16-/m1/s1. The predicted molar refractivity (Wildman–Crippen MR) is 96.2 cm³/mol. The molecule has 0 aliphatic carbocycles. The summed E-state index contributed by atoms with van der Waals surface area (Å²) >= 11 is 0. The van der Waals surface area contributed by atoms with E-state index in [1.165, 1.54) is 0 Å². The number of fused-ring (bicyclic) bond motifs is 1. The lowest BCUT2D eigenvalue weighted by Gasteiger charge is -2.16. The van der Waals surface area contributed by atoms with Crippen LogP contribution in [0.1, 0.15) is 30.3 Å². The van der Waals surface area contributed by atoms with E-state index in [4.69, 9.17) is 0 Å². The molecule has 1 saturated heterocycles. The number of likely N-dealkylation sites (tertiary alicyclic amines) is 1. The van der Waals surface area contributed by atoms with Crippen LogP contribution < -0.4 is 0 Å². The van der Waals surface area contributed by atoms with E-state index in [-0.39, 0.29) is 5.91 Å². The Balaban J connectivity index is 1.38. The van der Waals surface area contributed by atoms with Gasteiger partial charge < -0.3 is 9.47 Å². The topological polar surface area (TPSA) is 56.0 Å². The van der Waals surface area contributed by atoms with Crippen LogP contribution in [-0.2, 0) is 18.4 Å². The van der Waals surface area contributed by atoms with E-state index in [2.05, 4.69) is 14.6 Å². The van der Waals surface area contributed by atoms with Crippen LogP contribution in [0.3, 0.4) is 0 Å². The van der Waals surface area contributed by atoms with Gasteiger partial charge in [0.1, 0.15) is 5.82 Å². The Bertz CT molecular complexity index is 910. The minimum absolute atomic E-state index is 0.202. The van der Waals surface area contributed by atoms with E-state index in [0.717, 1.165) is 41.9 Å². The fraction of sp³-hybridized carbons (Fsp3) is 0.421. The highest BCUT2D eigenvalue weighted by atomic mass is 16.2. The Morgan fingerprint density at radius 3 is 2.96 bits per heavy atom. The van der Waals surface area contributed by atoms with Crippen LogP contribution >= 0.6 is 0 Å². The molecule has 4 rings (SSSR count). The van der Waals surface area contributed by atoms with Gasteiger partial charge in [-0.15, -0.1) is 0 Å². The minimum atomic E-state index is 0.202. The van der Waals surface area contributed by atoms with E-state index < -0.39 is 0 Å². The molecule has 0 spiro atoms. The van der Waals surface area contributed by atoms with Crippen molar-refractivity contribution in [3.05, 3.63) is 48.2 Å². The number of nitrogens with zero attached hydrogens (tertiary/aromatic N) is 5. The molecule has 6 heteroatoms. The fourth-order valence-electron chi connectivity index (χ4n) is 3.78. The zero-order valence-electron chi connectivity index (χ0n) is 14.7. The van der Waals surface area contributed by atoms with Crippen LogP contribution in [0.5, 0.6) is 0 Å². The molecule has 0 saturated carbocycles. The zero-order chi connectivity index (χ0) is 17.4. The number of carbonyl (C=O) groups is 1. The van der Waals surface area contributed by atoms with Gasteiger partial charge in [0, 0.05) is 44.1 Å². The van der Waals surface area contributed by atoms with Crippen LogP contribution in [-0.4, -0.2) is 43.2 Å². The molecule has 25 heavy (non-hydrogen) atoms.